The number of aromatic nitrogens is 2. The van der Waals surface area contributed by atoms with Crippen molar-refractivity contribution in [3.8, 4) is 5.75 Å². The van der Waals surface area contributed by atoms with E-state index in [4.69, 9.17) is 20.9 Å². The molecular weight excluding hydrogens is 295 g/mol. The second kappa shape index (κ2) is 4.84. The average molecular weight is 304 g/mol. The number of aryl methyl sites for hydroxylation is 1. The third kappa shape index (κ3) is 2.74. The zero-order valence-electron chi connectivity index (χ0n) is 8.41. The molecule has 0 saturated carbocycles. The summed E-state index contributed by atoms with van der Waals surface area (Å²) in [5, 5.41) is 4.31. The maximum absolute atomic E-state index is 5.81. The van der Waals surface area contributed by atoms with Gasteiger partial charge in [-0.1, -0.05) is 16.8 Å². The number of ether oxygens (including phenoxy) is 1. The summed E-state index contributed by atoms with van der Waals surface area (Å²) in [5.74, 6) is 1.72. The van der Waals surface area contributed by atoms with E-state index in [0.29, 0.717) is 22.5 Å². The summed E-state index contributed by atoms with van der Waals surface area (Å²) in [6.45, 7) is 1.99. The second-order valence-corrected chi connectivity index (χ2v) is 4.39. The molecule has 2 rings (SSSR count). The molecule has 1 aromatic carbocycles. The maximum Gasteiger partial charge on any atom is 0.264 e. The standard InChI is InChI=1S/C10H8BrClN2O2/c1-6-13-10(16-14-6)5-15-9-3-2-7(12)4-8(9)11/h2-4H,5H2,1H3. The predicted octanol–water partition coefficient (Wildman–Crippen LogP) is 3.37. The largest absolute Gasteiger partial charge is 0.483 e. The molecule has 0 N–H and O–H groups in total. The summed E-state index contributed by atoms with van der Waals surface area (Å²) in [6.07, 6.45) is 0. The molecule has 0 aliphatic heterocycles. The van der Waals surface area contributed by atoms with E-state index in [-0.39, 0.29) is 6.61 Å². The van der Waals surface area contributed by atoms with E-state index in [1.807, 2.05) is 0 Å². The van der Waals surface area contributed by atoms with Gasteiger partial charge in [0.05, 0.1) is 4.47 Å². The van der Waals surface area contributed by atoms with E-state index in [2.05, 4.69) is 26.1 Å². The summed E-state index contributed by atoms with van der Waals surface area (Å²) in [6, 6.07) is 5.28. The lowest BCUT2D eigenvalue weighted by Crippen LogP contribution is -1.96. The lowest BCUT2D eigenvalue weighted by atomic mass is 10.3. The van der Waals surface area contributed by atoms with Gasteiger partial charge in [-0.05, 0) is 41.1 Å². The van der Waals surface area contributed by atoms with Gasteiger partial charge in [-0.2, -0.15) is 4.98 Å². The van der Waals surface area contributed by atoms with Gasteiger partial charge in [-0.25, -0.2) is 0 Å². The molecule has 84 valence electrons. The van der Waals surface area contributed by atoms with Gasteiger partial charge in [0, 0.05) is 5.02 Å². The molecule has 16 heavy (non-hydrogen) atoms. The molecule has 1 heterocycles. The molecular formula is C10H8BrClN2O2. The van der Waals surface area contributed by atoms with Crippen molar-refractivity contribution in [1.82, 2.24) is 10.1 Å². The predicted molar refractivity (Wildman–Crippen MR) is 62.5 cm³/mol. The average Bonchev–Trinajstić information content (AvgIpc) is 2.63. The van der Waals surface area contributed by atoms with Crippen molar-refractivity contribution in [2.24, 2.45) is 0 Å². The number of nitrogens with zero attached hydrogens (tertiary/aromatic N) is 2. The van der Waals surface area contributed by atoms with Crippen LogP contribution >= 0.6 is 27.5 Å². The van der Waals surface area contributed by atoms with Crippen LogP contribution in [-0.2, 0) is 6.61 Å². The third-order valence-corrected chi connectivity index (χ3v) is 2.67. The Morgan fingerprint density at radius 3 is 2.94 bits per heavy atom. The summed E-state index contributed by atoms with van der Waals surface area (Å²) >= 11 is 9.16. The van der Waals surface area contributed by atoms with Gasteiger partial charge in [0.25, 0.3) is 5.89 Å². The minimum absolute atomic E-state index is 0.237. The Morgan fingerprint density at radius 2 is 2.31 bits per heavy atom. The van der Waals surface area contributed by atoms with Crippen LogP contribution in [0.3, 0.4) is 0 Å². The smallest absolute Gasteiger partial charge is 0.264 e. The van der Waals surface area contributed by atoms with Gasteiger partial charge in [0.1, 0.15) is 5.75 Å². The van der Waals surface area contributed by atoms with Crippen molar-refractivity contribution in [2.45, 2.75) is 13.5 Å². The first-order chi connectivity index (χ1) is 7.65. The second-order valence-electron chi connectivity index (χ2n) is 3.10. The molecule has 1 aromatic heterocycles. The van der Waals surface area contributed by atoms with E-state index < -0.39 is 0 Å². The molecule has 0 atom stereocenters. The fraction of sp³-hybridized carbons (Fsp3) is 0.200. The molecule has 0 unspecified atom stereocenters. The lowest BCUT2D eigenvalue weighted by Gasteiger charge is -2.05. The van der Waals surface area contributed by atoms with Gasteiger partial charge in [0.15, 0.2) is 12.4 Å². The number of hydrogen-bond donors (Lipinski definition) is 0. The molecule has 0 aliphatic carbocycles. The van der Waals surface area contributed by atoms with Crippen molar-refractivity contribution in [3.05, 3.63) is 39.4 Å². The minimum atomic E-state index is 0.237. The van der Waals surface area contributed by atoms with Crippen LogP contribution in [0.5, 0.6) is 5.75 Å². The van der Waals surface area contributed by atoms with E-state index >= 15 is 0 Å². The molecule has 0 aliphatic rings. The Bertz CT molecular complexity index is 501. The third-order valence-electron chi connectivity index (χ3n) is 1.81. The van der Waals surface area contributed by atoms with Crippen molar-refractivity contribution in [1.29, 1.82) is 0 Å². The fourth-order valence-corrected chi connectivity index (χ4v) is 1.93. The highest BCUT2D eigenvalue weighted by Gasteiger charge is 2.06. The number of halogens is 2. The van der Waals surface area contributed by atoms with E-state index in [1.54, 1.807) is 25.1 Å². The summed E-state index contributed by atoms with van der Waals surface area (Å²) in [7, 11) is 0. The van der Waals surface area contributed by atoms with Crippen LogP contribution < -0.4 is 4.74 Å². The van der Waals surface area contributed by atoms with Crippen LogP contribution in [0.25, 0.3) is 0 Å². The normalized spacial score (nSPS) is 10.4. The molecule has 4 nitrogen and oxygen atoms in total. The first-order valence-electron chi connectivity index (χ1n) is 4.52. The van der Waals surface area contributed by atoms with E-state index in [1.165, 1.54) is 0 Å². The van der Waals surface area contributed by atoms with Gasteiger partial charge in [-0.15, -0.1) is 0 Å². The van der Waals surface area contributed by atoms with Crippen LogP contribution in [0.2, 0.25) is 5.02 Å². The Hall–Kier alpha value is -1.07. The summed E-state index contributed by atoms with van der Waals surface area (Å²) in [5.41, 5.74) is 0. The zero-order valence-corrected chi connectivity index (χ0v) is 10.7. The van der Waals surface area contributed by atoms with Crippen molar-refractivity contribution < 1.29 is 9.26 Å². The van der Waals surface area contributed by atoms with Gasteiger partial charge in [-0.3, -0.25) is 0 Å². The SMILES string of the molecule is Cc1noc(COc2ccc(Cl)cc2Br)n1. The molecule has 0 fully saturated rings. The highest BCUT2D eigenvalue weighted by atomic mass is 79.9. The van der Waals surface area contributed by atoms with E-state index in [0.717, 1.165) is 4.47 Å². The highest BCUT2D eigenvalue weighted by Crippen LogP contribution is 2.28. The first kappa shape index (κ1) is 11.4. The molecule has 2 aromatic rings. The van der Waals surface area contributed by atoms with Crippen LogP contribution in [0.15, 0.2) is 27.2 Å². The zero-order chi connectivity index (χ0) is 11.5. The molecule has 0 bridgehead atoms. The maximum atomic E-state index is 5.81. The van der Waals surface area contributed by atoms with Gasteiger partial charge in [0.2, 0.25) is 0 Å². The Kier molecular flexibility index (Phi) is 3.46. The quantitative estimate of drug-likeness (QED) is 0.872. The monoisotopic (exact) mass is 302 g/mol. The minimum Gasteiger partial charge on any atom is -0.483 e. The topological polar surface area (TPSA) is 48.2 Å². The van der Waals surface area contributed by atoms with Crippen molar-refractivity contribution >= 4 is 27.5 Å². The van der Waals surface area contributed by atoms with Crippen LogP contribution in [0.1, 0.15) is 11.7 Å². The highest BCUT2D eigenvalue weighted by molar-refractivity contribution is 9.10. The van der Waals surface area contributed by atoms with Crippen LogP contribution in [0, 0.1) is 6.92 Å². The molecule has 0 radical (unpaired) electrons. The molecule has 6 heteroatoms. The lowest BCUT2D eigenvalue weighted by molar-refractivity contribution is 0.241. The Balaban J connectivity index is 2.04. The van der Waals surface area contributed by atoms with Crippen molar-refractivity contribution in [3.63, 3.8) is 0 Å². The summed E-state index contributed by atoms with van der Waals surface area (Å²) < 4.78 is 11.2. The van der Waals surface area contributed by atoms with Crippen LogP contribution in [-0.4, -0.2) is 10.1 Å². The molecule has 0 amide bonds. The molecule has 0 saturated heterocycles. The first-order valence-corrected chi connectivity index (χ1v) is 5.69. The molecule has 0 spiro atoms. The Morgan fingerprint density at radius 1 is 1.50 bits per heavy atom. The van der Waals surface area contributed by atoms with Gasteiger partial charge < -0.3 is 9.26 Å². The summed E-state index contributed by atoms with van der Waals surface area (Å²) in [4.78, 5) is 4.03. The number of rotatable bonds is 3. The van der Waals surface area contributed by atoms with Gasteiger partial charge >= 0.3 is 0 Å². The van der Waals surface area contributed by atoms with Crippen molar-refractivity contribution in [2.75, 3.05) is 0 Å². The van der Waals surface area contributed by atoms with Crippen LogP contribution in [0.4, 0.5) is 0 Å². The fourth-order valence-electron chi connectivity index (χ4n) is 1.13. The van der Waals surface area contributed by atoms with E-state index in [9.17, 15) is 0 Å². The number of hydrogen-bond acceptors (Lipinski definition) is 4. The number of benzene rings is 1. The Labute approximate surface area is 106 Å².